The van der Waals surface area contributed by atoms with Gasteiger partial charge in [-0.15, -0.1) is 5.10 Å². The molecule has 1 fully saturated rings. The highest BCUT2D eigenvalue weighted by Gasteiger charge is 2.25. The highest BCUT2D eigenvalue weighted by molar-refractivity contribution is 7.03. The topological polar surface area (TPSA) is 55.0 Å². The summed E-state index contributed by atoms with van der Waals surface area (Å²) >= 11 is 1.42. The van der Waals surface area contributed by atoms with Crippen molar-refractivity contribution in [2.45, 2.75) is 25.9 Å². The van der Waals surface area contributed by atoms with Gasteiger partial charge >= 0.3 is 0 Å². The fourth-order valence-electron chi connectivity index (χ4n) is 1.92. The van der Waals surface area contributed by atoms with Crippen LogP contribution in [0.3, 0.4) is 0 Å². The zero-order valence-corrected chi connectivity index (χ0v) is 9.20. The molecule has 2 atom stereocenters. The predicted molar refractivity (Wildman–Crippen MR) is 56.9 cm³/mol. The lowest BCUT2D eigenvalue weighted by Crippen LogP contribution is -2.29. The maximum atomic E-state index is 5.88. The van der Waals surface area contributed by atoms with E-state index < -0.39 is 0 Å². The van der Waals surface area contributed by atoms with E-state index in [1.54, 1.807) is 0 Å². The number of rotatable bonds is 3. The Balaban J connectivity index is 1.84. The van der Waals surface area contributed by atoms with E-state index in [0.29, 0.717) is 12.0 Å². The van der Waals surface area contributed by atoms with Gasteiger partial charge in [0.05, 0.1) is 5.69 Å². The monoisotopic (exact) mass is 212 g/mol. The molecule has 1 aliphatic rings. The van der Waals surface area contributed by atoms with Crippen molar-refractivity contribution in [3.8, 4) is 0 Å². The van der Waals surface area contributed by atoms with E-state index in [1.807, 2.05) is 5.38 Å². The summed E-state index contributed by atoms with van der Waals surface area (Å²) in [7, 11) is 0. The number of nitrogens with two attached hydrogens (primary N) is 1. The van der Waals surface area contributed by atoms with E-state index in [0.717, 1.165) is 25.3 Å². The smallest absolute Gasteiger partial charge is 0.0895 e. The summed E-state index contributed by atoms with van der Waals surface area (Å²) < 4.78 is 3.86. The van der Waals surface area contributed by atoms with Crippen LogP contribution in [0.1, 0.15) is 19.0 Å². The van der Waals surface area contributed by atoms with Crippen molar-refractivity contribution < 1.29 is 0 Å². The molecule has 0 aliphatic carbocycles. The molecule has 1 saturated heterocycles. The molecule has 4 nitrogen and oxygen atoms in total. The van der Waals surface area contributed by atoms with Crippen molar-refractivity contribution in [3.05, 3.63) is 11.1 Å². The second-order valence-corrected chi connectivity index (χ2v) is 4.65. The van der Waals surface area contributed by atoms with Crippen LogP contribution in [0.15, 0.2) is 5.38 Å². The largest absolute Gasteiger partial charge is 0.328 e. The van der Waals surface area contributed by atoms with Crippen LogP contribution in [-0.4, -0.2) is 33.6 Å². The molecule has 78 valence electrons. The molecule has 0 radical (unpaired) electrons. The van der Waals surface area contributed by atoms with Crippen LogP contribution >= 0.6 is 11.5 Å². The lowest BCUT2D eigenvalue weighted by atomic mass is 10.0. The van der Waals surface area contributed by atoms with Crippen molar-refractivity contribution in [1.29, 1.82) is 0 Å². The zero-order valence-electron chi connectivity index (χ0n) is 8.39. The van der Waals surface area contributed by atoms with Crippen molar-refractivity contribution >= 4 is 11.5 Å². The molecule has 14 heavy (non-hydrogen) atoms. The molecule has 0 aromatic carbocycles. The molecule has 0 bridgehead atoms. The van der Waals surface area contributed by atoms with Crippen molar-refractivity contribution in [2.24, 2.45) is 11.7 Å². The fourth-order valence-corrected chi connectivity index (χ4v) is 2.36. The van der Waals surface area contributed by atoms with E-state index in [4.69, 9.17) is 5.73 Å². The number of aromatic nitrogens is 2. The Morgan fingerprint density at radius 1 is 1.79 bits per heavy atom. The normalized spacial score (nSPS) is 25.4. The van der Waals surface area contributed by atoms with Gasteiger partial charge in [0.25, 0.3) is 0 Å². The van der Waals surface area contributed by atoms with Crippen LogP contribution in [0.25, 0.3) is 0 Å². The van der Waals surface area contributed by atoms with E-state index in [9.17, 15) is 0 Å². The summed E-state index contributed by atoms with van der Waals surface area (Å²) in [4.78, 5) is 2.41. The maximum absolute atomic E-state index is 5.88. The average molecular weight is 212 g/mol. The molecule has 5 heteroatoms. The quantitative estimate of drug-likeness (QED) is 0.801. The zero-order chi connectivity index (χ0) is 9.97. The molecule has 0 amide bonds. The molecule has 2 heterocycles. The predicted octanol–water partition coefficient (Wildman–Crippen LogP) is 0.707. The molecule has 2 unspecified atom stereocenters. The summed E-state index contributed by atoms with van der Waals surface area (Å²) in [5.41, 5.74) is 6.96. The summed E-state index contributed by atoms with van der Waals surface area (Å²) in [5, 5.41) is 6.06. The van der Waals surface area contributed by atoms with Crippen molar-refractivity contribution in [1.82, 2.24) is 14.5 Å². The molecule has 2 N–H and O–H groups in total. The third kappa shape index (κ3) is 2.29. The Kier molecular flexibility index (Phi) is 3.10. The summed E-state index contributed by atoms with van der Waals surface area (Å²) in [5.74, 6) is 0.654. The van der Waals surface area contributed by atoms with E-state index >= 15 is 0 Å². The van der Waals surface area contributed by atoms with Gasteiger partial charge in [-0.05, 0) is 37.3 Å². The molecule has 0 spiro atoms. The fraction of sp³-hybridized carbons (Fsp3) is 0.778. The summed E-state index contributed by atoms with van der Waals surface area (Å²) in [6.45, 7) is 5.28. The Bertz CT molecular complexity index is 272. The van der Waals surface area contributed by atoms with Crippen LogP contribution in [-0.2, 0) is 6.54 Å². The van der Waals surface area contributed by atoms with Gasteiger partial charge in [-0.1, -0.05) is 4.49 Å². The molecule has 2 rings (SSSR count). The minimum absolute atomic E-state index is 0.313. The Morgan fingerprint density at radius 2 is 2.64 bits per heavy atom. The molecule has 0 saturated carbocycles. The first-order valence-corrected chi connectivity index (χ1v) is 5.83. The van der Waals surface area contributed by atoms with Crippen LogP contribution in [0.4, 0.5) is 0 Å². The first kappa shape index (κ1) is 10.0. The minimum atomic E-state index is 0.313. The number of hydrogen-bond donors (Lipinski definition) is 1. The van der Waals surface area contributed by atoms with Crippen LogP contribution in [0, 0.1) is 5.92 Å². The summed E-state index contributed by atoms with van der Waals surface area (Å²) in [6, 6.07) is 0.313. The first-order valence-electron chi connectivity index (χ1n) is 4.99. The first-order chi connectivity index (χ1) is 6.75. The van der Waals surface area contributed by atoms with E-state index in [2.05, 4.69) is 21.4 Å². The van der Waals surface area contributed by atoms with Gasteiger partial charge in [-0.2, -0.15) is 0 Å². The number of hydrogen-bond acceptors (Lipinski definition) is 5. The lowest BCUT2D eigenvalue weighted by Gasteiger charge is -2.16. The van der Waals surface area contributed by atoms with Crippen LogP contribution < -0.4 is 5.73 Å². The molecule has 1 aromatic heterocycles. The van der Waals surface area contributed by atoms with E-state index in [-0.39, 0.29) is 0 Å². The standard InChI is InChI=1S/C9H16N4S/c1-7(10)8-2-3-13(4-8)5-9-6-14-12-11-9/h6-8H,2-5,10H2,1H3. The number of nitrogens with zero attached hydrogens (tertiary/aromatic N) is 3. The lowest BCUT2D eigenvalue weighted by molar-refractivity contribution is 0.305. The average Bonchev–Trinajstić information content (AvgIpc) is 2.75. The van der Waals surface area contributed by atoms with Gasteiger partial charge in [-0.25, -0.2) is 0 Å². The van der Waals surface area contributed by atoms with Crippen LogP contribution in [0.5, 0.6) is 0 Å². The van der Waals surface area contributed by atoms with Crippen molar-refractivity contribution in [2.75, 3.05) is 13.1 Å². The van der Waals surface area contributed by atoms with Crippen molar-refractivity contribution in [3.63, 3.8) is 0 Å². The van der Waals surface area contributed by atoms with Gasteiger partial charge in [0.15, 0.2) is 0 Å². The molecular weight excluding hydrogens is 196 g/mol. The second kappa shape index (κ2) is 4.33. The Morgan fingerprint density at radius 3 is 3.21 bits per heavy atom. The molecular formula is C9H16N4S. The van der Waals surface area contributed by atoms with Gasteiger partial charge in [-0.3, -0.25) is 4.90 Å². The molecule has 1 aromatic rings. The SMILES string of the molecule is CC(N)C1CCN(Cc2csnn2)C1. The molecule has 1 aliphatic heterocycles. The van der Waals surface area contributed by atoms with E-state index in [1.165, 1.54) is 18.0 Å². The highest BCUT2D eigenvalue weighted by Crippen LogP contribution is 2.20. The third-order valence-electron chi connectivity index (χ3n) is 2.84. The third-order valence-corrected chi connectivity index (χ3v) is 3.40. The minimum Gasteiger partial charge on any atom is -0.328 e. The van der Waals surface area contributed by atoms with Gasteiger partial charge in [0.1, 0.15) is 0 Å². The van der Waals surface area contributed by atoms with Crippen LogP contribution in [0.2, 0.25) is 0 Å². The number of likely N-dealkylation sites (tertiary alicyclic amines) is 1. The van der Waals surface area contributed by atoms with Gasteiger partial charge in [0, 0.05) is 24.5 Å². The second-order valence-electron chi connectivity index (χ2n) is 4.04. The summed E-state index contributed by atoms with van der Waals surface area (Å²) in [6.07, 6.45) is 1.22. The van der Waals surface area contributed by atoms with Gasteiger partial charge in [0.2, 0.25) is 0 Å². The Labute approximate surface area is 88.3 Å². The highest BCUT2D eigenvalue weighted by atomic mass is 32.1. The maximum Gasteiger partial charge on any atom is 0.0895 e. The van der Waals surface area contributed by atoms with Gasteiger partial charge < -0.3 is 5.73 Å². The Hall–Kier alpha value is -0.520.